The van der Waals surface area contributed by atoms with Gasteiger partial charge in [-0.05, 0) is 146 Å². The van der Waals surface area contributed by atoms with E-state index in [1.165, 1.54) is 75.4 Å². The zero-order valence-corrected chi connectivity index (χ0v) is 40.9. The molecular weight excluding hydrogens is 655 g/mol. The highest BCUT2D eigenvalue weighted by atomic mass is 16.1. The number of hydrogen-bond donors (Lipinski definition) is 0. The third-order valence-corrected chi connectivity index (χ3v) is 14.5. The van der Waals surface area contributed by atoms with Crippen molar-refractivity contribution in [1.29, 1.82) is 0 Å². The lowest BCUT2D eigenvalue weighted by atomic mass is 9.56. The number of carbonyl (C=O) groups excluding carboxylic acids is 1. The largest absolute Gasteiger partial charge is 0.299 e. The summed E-state index contributed by atoms with van der Waals surface area (Å²) in [6.45, 7) is 54.7. The summed E-state index contributed by atoms with van der Waals surface area (Å²) >= 11 is 0. The first-order chi connectivity index (χ1) is 24.4. The first-order valence-corrected chi connectivity index (χ1v) is 22.8. The molecule has 0 saturated carbocycles. The fourth-order valence-electron chi connectivity index (χ4n) is 9.26. The minimum Gasteiger partial charge on any atom is -0.299 e. The number of allylic oxidation sites excluding steroid dienone is 2. The third-order valence-electron chi connectivity index (χ3n) is 14.5. The molecule has 5 unspecified atom stereocenters. The van der Waals surface area contributed by atoms with E-state index in [1.807, 2.05) is 20.1 Å². The molecule has 0 aliphatic rings. The SMILES string of the molecule is C=C(CC(C)(C)C(C)CCC(C)(C)CC(CC)(CC(C)(C)CCC(C)C(C)C)CC(C)(C)CCC(C)C(C)(C)CC(=O)C(C)C)C(C)/N=C/C(C)=C/CC. The van der Waals surface area contributed by atoms with Crippen molar-refractivity contribution >= 4 is 12.0 Å². The van der Waals surface area contributed by atoms with Gasteiger partial charge in [0.2, 0.25) is 0 Å². The predicted octanol–water partition coefficient (Wildman–Crippen LogP) is 17.0. The fraction of sp³-hybridized carbons (Fsp3) is 0.885. The Balaban J connectivity index is 6.20. The van der Waals surface area contributed by atoms with Crippen molar-refractivity contribution in [2.75, 3.05) is 0 Å². The molecule has 2 heteroatoms. The van der Waals surface area contributed by atoms with E-state index in [4.69, 9.17) is 4.99 Å². The Labute approximate surface area is 341 Å². The van der Waals surface area contributed by atoms with Gasteiger partial charge in [-0.3, -0.25) is 9.79 Å². The summed E-state index contributed by atoms with van der Waals surface area (Å²) in [5.41, 5.74) is 3.77. The van der Waals surface area contributed by atoms with E-state index in [0.29, 0.717) is 29.5 Å². The molecule has 0 spiro atoms. The lowest BCUT2D eigenvalue weighted by Crippen LogP contribution is -2.37. The Hall–Kier alpha value is -1.18. The number of aliphatic imine (C=N–C) groups is 1. The van der Waals surface area contributed by atoms with Gasteiger partial charge in [0.1, 0.15) is 5.78 Å². The van der Waals surface area contributed by atoms with Crippen LogP contribution in [0.25, 0.3) is 0 Å². The number of Topliss-reactive ketones (excluding diaryl/α,β-unsaturated/α-hetero) is 1. The molecular formula is C52H99NO. The molecule has 0 aromatic rings. The second kappa shape index (κ2) is 22.1. The second-order valence-corrected chi connectivity index (χ2v) is 23.4. The van der Waals surface area contributed by atoms with Crippen molar-refractivity contribution in [3.63, 3.8) is 0 Å². The first kappa shape index (κ1) is 52.8. The molecule has 0 aliphatic heterocycles. The molecule has 5 atom stereocenters. The summed E-state index contributed by atoms with van der Waals surface area (Å²) in [4.78, 5) is 17.6. The van der Waals surface area contributed by atoms with Gasteiger partial charge in [-0.1, -0.05) is 156 Å². The van der Waals surface area contributed by atoms with E-state index in [1.54, 1.807) is 0 Å². The van der Waals surface area contributed by atoms with Crippen LogP contribution in [0.15, 0.2) is 28.8 Å². The molecule has 54 heavy (non-hydrogen) atoms. The van der Waals surface area contributed by atoms with Crippen LogP contribution in [0.3, 0.4) is 0 Å². The highest BCUT2D eigenvalue weighted by molar-refractivity contribution is 5.80. The predicted molar refractivity (Wildman–Crippen MR) is 246 cm³/mol. The van der Waals surface area contributed by atoms with Crippen LogP contribution in [0.4, 0.5) is 0 Å². The van der Waals surface area contributed by atoms with Crippen molar-refractivity contribution in [2.24, 2.45) is 67.1 Å². The summed E-state index contributed by atoms with van der Waals surface area (Å²) in [5, 5.41) is 0. The number of nitrogens with zero attached hydrogens (tertiary/aromatic N) is 1. The molecule has 0 aliphatic carbocycles. The molecule has 0 amide bonds. The molecule has 0 aromatic heterocycles. The number of hydrogen-bond acceptors (Lipinski definition) is 2. The van der Waals surface area contributed by atoms with Gasteiger partial charge >= 0.3 is 0 Å². The monoisotopic (exact) mass is 754 g/mol. The maximum Gasteiger partial charge on any atom is 0.135 e. The molecule has 0 aromatic carbocycles. The van der Waals surface area contributed by atoms with Crippen molar-refractivity contribution in [3.8, 4) is 0 Å². The summed E-state index contributed by atoms with van der Waals surface area (Å²) in [7, 11) is 0. The average molecular weight is 754 g/mol. The molecule has 0 radical (unpaired) electrons. The van der Waals surface area contributed by atoms with Gasteiger partial charge in [-0.2, -0.15) is 0 Å². The van der Waals surface area contributed by atoms with Crippen LogP contribution in [0.5, 0.6) is 0 Å². The van der Waals surface area contributed by atoms with Gasteiger partial charge < -0.3 is 0 Å². The maximum atomic E-state index is 12.8. The summed E-state index contributed by atoms with van der Waals surface area (Å²) < 4.78 is 0. The standard InChI is InChI=1S/C52H99NO/c1-23-25-40(7)34-53-45(12)42(9)32-50(19,20)43(10)27-30-48(15,16)36-52(24-2,35-47(13,14)29-26-41(8)38(3)4)37-49(17,18)31-28-44(11)51(21,22)33-46(54)39(5)6/h25,34,38-39,41,43-45H,9,23-24,26-33,35-37H2,1-8,10-22H3/b40-25+,53-34+. The lowest BCUT2D eigenvalue weighted by molar-refractivity contribution is -0.124. The number of ketones is 1. The van der Waals surface area contributed by atoms with E-state index in [9.17, 15) is 4.79 Å². The van der Waals surface area contributed by atoms with Crippen LogP contribution in [0.2, 0.25) is 0 Å². The van der Waals surface area contributed by atoms with Gasteiger partial charge in [-0.15, -0.1) is 0 Å². The van der Waals surface area contributed by atoms with Crippen molar-refractivity contribution in [2.45, 2.75) is 235 Å². The molecule has 0 heterocycles. The molecule has 318 valence electrons. The lowest BCUT2D eigenvalue weighted by Gasteiger charge is -2.49. The molecule has 2 nitrogen and oxygen atoms in total. The van der Waals surface area contributed by atoms with E-state index >= 15 is 0 Å². The Morgan fingerprint density at radius 2 is 1.06 bits per heavy atom. The van der Waals surface area contributed by atoms with E-state index in [2.05, 4.69) is 144 Å². The van der Waals surface area contributed by atoms with Crippen LogP contribution >= 0.6 is 0 Å². The molecule has 0 bridgehead atoms. The average Bonchev–Trinajstić information content (AvgIpc) is 3.02. The number of carbonyl (C=O) groups is 1. The highest BCUT2D eigenvalue weighted by Gasteiger charge is 2.43. The minimum atomic E-state index is 0.0312. The maximum absolute atomic E-state index is 12.8. The number of rotatable bonds is 28. The van der Waals surface area contributed by atoms with Crippen LogP contribution in [0, 0.1) is 62.1 Å². The fourth-order valence-corrected chi connectivity index (χ4v) is 9.26. The molecule has 0 N–H and O–H groups in total. The quantitative estimate of drug-likeness (QED) is 0.0578. The van der Waals surface area contributed by atoms with E-state index in [0.717, 1.165) is 24.7 Å². The smallest absolute Gasteiger partial charge is 0.135 e. The van der Waals surface area contributed by atoms with E-state index in [-0.39, 0.29) is 39.0 Å². The Morgan fingerprint density at radius 3 is 1.43 bits per heavy atom. The van der Waals surface area contributed by atoms with Crippen LogP contribution < -0.4 is 0 Å². The zero-order chi connectivity index (χ0) is 42.5. The molecule has 0 fully saturated rings. The summed E-state index contributed by atoms with van der Waals surface area (Å²) in [5.74, 6) is 3.14. The van der Waals surface area contributed by atoms with Crippen molar-refractivity contribution in [3.05, 3.63) is 23.8 Å². The van der Waals surface area contributed by atoms with Gasteiger partial charge in [0.05, 0.1) is 6.04 Å². The highest BCUT2D eigenvalue weighted by Crippen LogP contribution is 2.55. The third kappa shape index (κ3) is 19.8. The summed E-state index contributed by atoms with van der Waals surface area (Å²) in [6, 6.07) is 0.144. The van der Waals surface area contributed by atoms with Gasteiger partial charge in [-0.25, -0.2) is 0 Å². The zero-order valence-electron chi connectivity index (χ0n) is 40.9. The van der Waals surface area contributed by atoms with Crippen LogP contribution in [-0.4, -0.2) is 18.0 Å². The Bertz CT molecular complexity index is 1170. The van der Waals surface area contributed by atoms with Gasteiger partial charge in [0.25, 0.3) is 0 Å². The van der Waals surface area contributed by atoms with Crippen LogP contribution in [0.1, 0.15) is 229 Å². The normalized spacial score (nSPS) is 17.6. The Kier molecular flexibility index (Phi) is 21.6. The van der Waals surface area contributed by atoms with Crippen molar-refractivity contribution < 1.29 is 4.79 Å². The second-order valence-electron chi connectivity index (χ2n) is 23.4. The van der Waals surface area contributed by atoms with Crippen LogP contribution in [-0.2, 0) is 4.79 Å². The first-order valence-electron chi connectivity index (χ1n) is 22.8. The van der Waals surface area contributed by atoms with Gasteiger partial charge in [0.15, 0.2) is 0 Å². The molecule has 0 rings (SSSR count). The molecule has 0 saturated heterocycles. The van der Waals surface area contributed by atoms with E-state index < -0.39 is 0 Å². The van der Waals surface area contributed by atoms with Gasteiger partial charge in [0, 0.05) is 18.6 Å². The summed E-state index contributed by atoms with van der Waals surface area (Å²) in [6.07, 6.45) is 19.6. The minimum absolute atomic E-state index is 0.0312. The van der Waals surface area contributed by atoms with Crippen molar-refractivity contribution in [1.82, 2.24) is 0 Å². The topological polar surface area (TPSA) is 29.4 Å². The Morgan fingerprint density at radius 1 is 0.648 bits per heavy atom.